The van der Waals surface area contributed by atoms with Gasteiger partial charge in [0, 0.05) is 24.7 Å². The van der Waals surface area contributed by atoms with Crippen molar-refractivity contribution in [3.8, 4) is 0 Å². The van der Waals surface area contributed by atoms with Crippen molar-refractivity contribution < 1.29 is 9.72 Å². The van der Waals surface area contributed by atoms with E-state index in [1.807, 2.05) is 0 Å². The van der Waals surface area contributed by atoms with Crippen LogP contribution >= 0.6 is 11.6 Å². The van der Waals surface area contributed by atoms with E-state index < -0.39 is 10.8 Å². The SMILES string of the molecule is O=C(NCCn1nc2c(cc1=O)CCC2)c1cc([N+](=O)[O-])ccc1Cl. The average molecular weight is 363 g/mol. The lowest BCUT2D eigenvalue weighted by atomic mass is 10.2. The van der Waals surface area contributed by atoms with Crippen LogP contribution in [0.15, 0.2) is 29.1 Å². The number of hydrogen-bond donors (Lipinski definition) is 1. The van der Waals surface area contributed by atoms with Crippen molar-refractivity contribution >= 4 is 23.2 Å². The normalized spacial score (nSPS) is 12.7. The summed E-state index contributed by atoms with van der Waals surface area (Å²) >= 11 is 5.93. The number of amides is 1. The Balaban J connectivity index is 1.67. The van der Waals surface area contributed by atoms with Crippen LogP contribution in [-0.4, -0.2) is 27.2 Å². The number of nitro benzene ring substituents is 1. The molecule has 25 heavy (non-hydrogen) atoms. The van der Waals surface area contributed by atoms with Crippen LogP contribution in [0.3, 0.4) is 0 Å². The maximum Gasteiger partial charge on any atom is 0.270 e. The van der Waals surface area contributed by atoms with Gasteiger partial charge in [0.05, 0.1) is 27.7 Å². The molecule has 9 heteroatoms. The largest absolute Gasteiger partial charge is 0.350 e. The molecule has 1 aliphatic rings. The molecule has 2 aromatic rings. The Morgan fingerprint density at radius 1 is 1.36 bits per heavy atom. The van der Waals surface area contributed by atoms with Gasteiger partial charge in [-0.3, -0.25) is 19.7 Å². The van der Waals surface area contributed by atoms with Crippen LogP contribution in [-0.2, 0) is 19.4 Å². The van der Waals surface area contributed by atoms with E-state index in [1.165, 1.54) is 16.8 Å². The molecule has 1 amide bonds. The van der Waals surface area contributed by atoms with E-state index in [1.54, 1.807) is 6.07 Å². The summed E-state index contributed by atoms with van der Waals surface area (Å²) in [4.78, 5) is 34.4. The zero-order valence-corrected chi connectivity index (χ0v) is 14.0. The van der Waals surface area contributed by atoms with Gasteiger partial charge >= 0.3 is 0 Å². The average Bonchev–Trinajstić information content (AvgIpc) is 3.02. The minimum atomic E-state index is -0.596. The van der Waals surface area contributed by atoms with Crippen LogP contribution in [0.25, 0.3) is 0 Å². The molecular formula is C16H15ClN4O4. The van der Waals surface area contributed by atoms with Gasteiger partial charge in [0.1, 0.15) is 0 Å². The smallest absolute Gasteiger partial charge is 0.270 e. The van der Waals surface area contributed by atoms with Crippen LogP contribution in [0, 0.1) is 10.1 Å². The van der Waals surface area contributed by atoms with Crippen LogP contribution in [0.1, 0.15) is 28.0 Å². The molecule has 3 rings (SSSR count). The summed E-state index contributed by atoms with van der Waals surface area (Å²) < 4.78 is 1.32. The Morgan fingerprint density at radius 3 is 2.92 bits per heavy atom. The van der Waals surface area contributed by atoms with Crippen molar-refractivity contribution in [3.63, 3.8) is 0 Å². The van der Waals surface area contributed by atoms with Crippen LogP contribution in [0.4, 0.5) is 5.69 Å². The van der Waals surface area contributed by atoms with E-state index >= 15 is 0 Å². The predicted molar refractivity (Wildman–Crippen MR) is 91.0 cm³/mol. The third-order valence-electron chi connectivity index (χ3n) is 4.04. The highest BCUT2D eigenvalue weighted by molar-refractivity contribution is 6.33. The van der Waals surface area contributed by atoms with Crippen molar-refractivity contribution in [2.24, 2.45) is 0 Å². The van der Waals surface area contributed by atoms with Crippen LogP contribution in [0.5, 0.6) is 0 Å². The number of rotatable bonds is 5. The summed E-state index contributed by atoms with van der Waals surface area (Å²) in [5, 5.41) is 17.8. The highest BCUT2D eigenvalue weighted by Gasteiger charge is 2.17. The van der Waals surface area contributed by atoms with Gasteiger partial charge in [-0.25, -0.2) is 4.68 Å². The molecule has 0 bridgehead atoms. The molecule has 0 radical (unpaired) electrons. The first kappa shape index (κ1) is 17.1. The molecule has 1 aromatic heterocycles. The van der Waals surface area contributed by atoms with Gasteiger partial charge < -0.3 is 5.32 Å². The summed E-state index contributed by atoms with van der Waals surface area (Å²) in [6.07, 6.45) is 2.72. The molecule has 130 valence electrons. The van der Waals surface area contributed by atoms with Crippen LogP contribution in [0.2, 0.25) is 5.02 Å². The number of carbonyl (C=O) groups is 1. The highest BCUT2D eigenvalue weighted by atomic mass is 35.5. The summed E-state index contributed by atoms with van der Waals surface area (Å²) in [6.45, 7) is 0.369. The number of nitrogens with zero attached hydrogens (tertiary/aromatic N) is 3. The van der Waals surface area contributed by atoms with E-state index in [-0.39, 0.29) is 34.9 Å². The third kappa shape index (κ3) is 3.69. The lowest BCUT2D eigenvalue weighted by Gasteiger charge is -2.09. The molecule has 0 spiro atoms. The Bertz CT molecular complexity index is 909. The zero-order valence-electron chi connectivity index (χ0n) is 13.2. The first-order valence-electron chi connectivity index (χ1n) is 7.78. The minimum Gasteiger partial charge on any atom is -0.350 e. The number of halogens is 1. The molecule has 0 saturated carbocycles. The predicted octanol–water partition coefficient (Wildman–Crippen LogP) is 1.72. The second-order valence-electron chi connectivity index (χ2n) is 5.71. The fraction of sp³-hybridized carbons (Fsp3) is 0.312. The van der Waals surface area contributed by atoms with Gasteiger partial charge in [0.25, 0.3) is 17.2 Å². The van der Waals surface area contributed by atoms with Gasteiger partial charge in [-0.15, -0.1) is 0 Å². The quantitative estimate of drug-likeness (QED) is 0.643. The summed E-state index contributed by atoms with van der Waals surface area (Å²) in [7, 11) is 0. The Hall–Kier alpha value is -2.74. The molecule has 1 N–H and O–H groups in total. The number of benzene rings is 1. The molecule has 8 nitrogen and oxygen atoms in total. The van der Waals surface area contributed by atoms with E-state index in [4.69, 9.17) is 11.6 Å². The van der Waals surface area contributed by atoms with Gasteiger partial charge in [0.15, 0.2) is 0 Å². The number of nitrogens with one attached hydrogen (secondary N) is 1. The number of aryl methyl sites for hydroxylation is 2. The van der Waals surface area contributed by atoms with E-state index in [0.717, 1.165) is 36.6 Å². The number of carbonyl (C=O) groups excluding carboxylic acids is 1. The zero-order chi connectivity index (χ0) is 18.0. The van der Waals surface area contributed by atoms with Crippen molar-refractivity contribution in [1.82, 2.24) is 15.1 Å². The van der Waals surface area contributed by atoms with Crippen molar-refractivity contribution in [3.05, 3.63) is 66.6 Å². The van der Waals surface area contributed by atoms with E-state index in [0.29, 0.717) is 0 Å². The molecule has 0 saturated heterocycles. The molecule has 0 aliphatic heterocycles. The highest BCUT2D eigenvalue weighted by Crippen LogP contribution is 2.22. The van der Waals surface area contributed by atoms with Gasteiger partial charge in [-0.05, 0) is 30.9 Å². The number of hydrogen-bond acceptors (Lipinski definition) is 5. The third-order valence-corrected chi connectivity index (χ3v) is 4.37. The lowest BCUT2D eigenvalue weighted by Crippen LogP contribution is -2.32. The summed E-state index contributed by atoms with van der Waals surface area (Å²) in [6, 6.07) is 5.25. The molecular weight excluding hydrogens is 348 g/mol. The van der Waals surface area contributed by atoms with Crippen molar-refractivity contribution in [2.45, 2.75) is 25.8 Å². The maximum absolute atomic E-state index is 12.2. The monoisotopic (exact) mass is 362 g/mol. The maximum atomic E-state index is 12.2. The number of non-ortho nitro benzene ring substituents is 1. The molecule has 1 aromatic carbocycles. The van der Waals surface area contributed by atoms with Crippen molar-refractivity contribution in [2.75, 3.05) is 6.54 Å². The van der Waals surface area contributed by atoms with Crippen molar-refractivity contribution in [1.29, 1.82) is 0 Å². The second-order valence-corrected chi connectivity index (χ2v) is 6.12. The fourth-order valence-electron chi connectivity index (χ4n) is 2.77. The number of fused-ring (bicyclic) bond motifs is 1. The number of nitro groups is 1. The first-order chi connectivity index (χ1) is 12.0. The molecule has 0 unspecified atom stereocenters. The lowest BCUT2D eigenvalue weighted by molar-refractivity contribution is -0.384. The van der Waals surface area contributed by atoms with Gasteiger partial charge in [-0.1, -0.05) is 11.6 Å². The Morgan fingerprint density at radius 2 is 2.16 bits per heavy atom. The fourth-order valence-corrected chi connectivity index (χ4v) is 2.97. The van der Waals surface area contributed by atoms with E-state index in [2.05, 4.69) is 10.4 Å². The first-order valence-corrected chi connectivity index (χ1v) is 8.15. The second kappa shape index (κ2) is 7.02. The topological polar surface area (TPSA) is 107 Å². The Labute approximate surface area is 147 Å². The molecule has 1 aliphatic carbocycles. The molecule has 0 atom stereocenters. The molecule has 1 heterocycles. The van der Waals surface area contributed by atoms with Gasteiger partial charge in [-0.2, -0.15) is 5.10 Å². The number of aromatic nitrogens is 2. The summed E-state index contributed by atoms with van der Waals surface area (Å²) in [5.41, 5.74) is 1.51. The van der Waals surface area contributed by atoms with E-state index in [9.17, 15) is 19.7 Å². The minimum absolute atomic E-state index is 0.0186. The van der Waals surface area contributed by atoms with Gasteiger partial charge in [0.2, 0.25) is 0 Å². The van der Waals surface area contributed by atoms with Crippen LogP contribution < -0.4 is 10.9 Å². The Kier molecular flexibility index (Phi) is 4.80. The standard InChI is InChI=1S/C16H15ClN4O4/c17-13-5-4-11(21(24)25)9-12(13)16(23)18-6-7-20-15(22)8-10-2-1-3-14(10)19-20/h4-5,8-9H,1-3,6-7H2,(H,18,23). The molecule has 0 fully saturated rings. The summed E-state index contributed by atoms with van der Waals surface area (Å²) in [5.74, 6) is -0.539.